The van der Waals surface area contributed by atoms with Crippen LogP contribution in [0.1, 0.15) is 16.1 Å². The molecule has 0 saturated heterocycles. The summed E-state index contributed by atoms with van der Waals surface area (Å²) in [7, 11) is 3.59. The first kappa shape index (κ1) is 16.0. The number of hydrogen-bond acceptors (Lipinski definition) is 6. The molecule has 0 unspecified atom stereocenters. The van der Waals surface area contributed by atoms with Crippen molar-refractivity contribution in [1.29, 1.82) is 5.26 Å². The average Bonchev–Trinajstić information content (AvgIpc) is 3.01. The first-order valence-electron chi connectivity index (χ1n) is 6.60. The van der Waals surface area contributed by atoms with Crippen molar-refractivity contribution in [3.05, 3.63) is 63.4 Å². The number of carbonyl (C=O) groups is 1. The van der Waals surface area contributed by atoms with E-state index in [1.807, 2.05) is 0 Å². The number of nitro groups is 1. The molecule has 2 rings (SSSR count). The zero-order chi connectivity index (χ0) is 17.0. The lowest BCUT2D eigenvalue weighted by Crippen LogP contribution is -2.06. The van der Waals surface area contributed by atoms with Crippen molar-refractivity contribution < 1.29 is 14.1 Å². The lowest BCUT2D eigenvalue weighted by molar-refractivity contribution is -0.384. The maximum atomic E-state index is 12.3. The first-order chi connectivity index (χ1) is 10.9. The third-order valence-corrected chi connectivity index (χ3v) is 3.02. The molecule has 1 heterocycles. The Balaban J connectivity index is 2.34. The summed E-state index contributed by atoms with van der Waals surface area (Å²) in [5, 5.41) is 20.0. The molecule has 116 valence electrons. The molecule has 0 aliphatic carbocycles. The quantitative estimate of drug-likeness (QED) is 0.276. The van der Waals surface area contributed by atoms with Crippen molar-refractivity contribution in [3.8, 4) is 6.07 Å². The second-order valence-corrected chi connectivity index (χ2v) is 4.88. The Morgan fingerprint density at radius 2 is 2.09 bits per heavy atom. The molecule has 0 radical (unpaired) electrons. The summed E-state index contributed by atoms with van der Waals surface area (Å²) in [6.07, 6.45) is 1.31. The number of Topliss-reactive ketones (excluding diaryl/α,β-unsaturated/α-hetero) is 1. The minimum absolute atomic E-state index is 0.0754. The Labute approximate surface area is 132 Å². The van der Waals surface area contributed by atoms with Crippen LogP contribution in [0.4, 0.5) is 11.6 Å². The van der Waals surface area contributed by atoms with Crippen molar-refractivity contribution in [2.75, 3.05) is 19.0 Å². The highest BCUT2D eigenvalue weighted by Gasteiger charge is 2.16. The second kappa shape index (κ2) is 6.58. The zero-order valence-electron chi connectivity index (χ0n) is 12.5. The molecule has 0 aliphatic heterocycles. The Hall–Kier alpha value is -3.40. The monoisotopic (exact) mass is 311 g/mol. The molecule has 2 aromatic rings. The van der Waals surface area contributed by atoms with Gasteiger partial charge in [-0.05, 0) is 6.07 Å². The van der Waals surface area contributed by atoms with E-state index in [1.165, 1.54) is 24.3 Å². The molecule has 0 bridgehead atoms. The van der Waals surface area contributed by atoms with Gasteiger partial charge in [0.1, 0.15) is 17.4 Å². The summed E-state index contributed by atoms with van der Waals surface area (Å²) < 4.78 is 5.46. The van der Waals surface area contributed by atoms with Crippen LogP contribution in [-0.4, -0.2) is 24.8 Å². The molecule has 1 aromatic heterocycles. The zero-order valence-corrected chi connectivity index (χ0v) is 12.5. The van der Waals surface area contributed by atoms with Crippen LogP contribution in [0.2, 0.25) is 0 Å². The van der Waals surface area contributed by atoms with Gasteiger partial charge in [-0.2, -0.15) is 5.26 Å². The van der Waals surface area contributed by atoms with E-state index in [4.69, 9.17) is 4.42 Å². The van der Waals surface area contributed by atoms with Crippen LogP contribution in [0.3, 0.4) is 0 Å². The Kier molecular flexibility index (Phi) is 4.57. The van der Waals surface area contributed by atoms with Crippen LogP contribution in [-0.2, 0) is 0 Å². The van der Waals surface area contributed by atoms with E-state index in [-0.39, 0.29) is 16.8 Å². The van der Waals surface area contributed by atoms with Gasteiger partial charge in [-0.3, -0.25) is 14.9 Å². The van der Waals surface area contributed by atoms with Gasteiger partial charge in [0.2, 0.25) is 5.78 Å². The first-order valence-corrected chi connectivity index (χ1v) is 6.60. The van der Waals surface area contributed by atoms with Crippen LogP contribution in [0, 0.1) is 21.4 Å². The van der Waals surface area contributed by atoms with E-state index >= 15 is 0 Å². The SMILES string of the molecule is CN(C)c1ccc(/C=C(\C#N)C(=O)c2cccc([N+](=O)[O-])c2)o1. The summed E-state index contributed by atoms with van der Waals surface area (Å²) in [4.78, 5) is 24.2. The van der Waals surface area contributed by atoms with Crippen molar-refractivity contribution in [3.63, 3.8) is 0 Å². The second-order valence-electron chi connectivity index (χ2n) is 4.88. The standard InChI is InChI=1S/C16H13N3O4/c1-18(2)15-7-6-14(23-15)9-12(10-17)16(20)11-4-3-5-13(8-11)19(21)22/h3-9H,1-2H3/b12-9+. The molecule has 0 N–H and O–H groups in total. The van der Waals surface area contributed by atoms with Gasteiger partial charge in [0, 0.05) is 43.9 Å². The van der Waals surface area contributed by atoms with Crippen LogP contribution in [0.5, 0.6) is 0 Å². The number of hydrogen-bond donors (Lipinski definition) is 0. The van der Waals surface area contributed by atoms with Crippen LogP contribution >= 0.6 is 0 Å². The topological polar surface area (TPSA) is 100 Å². The fourth-order valence-electron chi connectivity index (χ4n) is 1.87. The van der Waals surface area contributed by atoms with Crippen LogP contribution in [0.15, 0.2) is 46.4 Å². The molecule has 0 amide bonds. The lowest BCUT2D eigenvalue weighted by Gasteiger charge is -2.06. The highest BCUT2D eigenvalue weighted by atomic mass is 16.6. The molecule has 1 aromatic carbocycles. The largest absolute Gasteiger partial charge is 0.441 e. The van der Waals surface area contributed by atoms with Gasteiger partial charge < -0.3 is 9.32 Å². The predicted octanol–water partition coefficient (Wildman–Crippen LogP) is 3.04. The number of benzene rings is 1. The maximum Gasteiger partial charge on any atom is 0.270 e. The summed E-state index contributed by atoms with van der Waals surface area (Å²) in [5.74, 6) is 0.333. The van der Waals surface area contributed by atoms with E-state index in [0.29, 0.717) is 11.6 Å². The molecule has 0 fully saturated rings. The normalized spacial score (nSPS) is 10.9. The van der Waals surface area contributed by atoms with Crippen molar-refractivity contribution in [2.45, 2.75) is 0 Å². The minimum atomic E-state index is -0.598. The average molecular weight is 311 g/mol. The van der Waals surface area contributed by atoms with E-state index in [1.54, 1.807) is 37.2 Å². The van der Waals surface area contributed by atoms with Gasteiger partial charge in [0.15, 0.2) is 5.88 Å². The molecule has 0 aliphatic rings. The summed E-state index contributed by atoms with van der Waals surface area (Å²) in [6, 6.07) is 10.4. The molecule has 7 heteroatoms. The number of nitrogens with zero attached hydrogens (tertiary/aromatic N) is 3. The molecule has 23 heavy (non-hydrogen) atoms. The van der Waals surface area contributed by atoms with Gasteiger partial charge >= 0.3 is 0 Å². The highest BCUT2D eigenvalue weighted by Crippen LogP contribution is 2.21. The molecule has 0 atom stereocenters. The van der Waals surface area contributed by atoms with Gasteiger partial charge in [0.05, 0.1) is 4.92 Å². The number of anilines is 1. The Morgan fingerprint density at radius 1 is 1.35 bits per heavy atom. The maximum absolute atomic E-state index is 12.3. The molecule has 0 saturated carbocycles. The molecule has 7 nitrogen and oxygen atoms in total. The third-order valence-electron chi connectivity index (χ3n) is 3.02. The number of nitro benzene ring substituents is 1. The van der Waals surface area contributed by atoms with E-state index in [0.717, 1.165) is 6.07 Å². The fourth-order valence-corrected chi connectivity index (χ4v) is 1.87. The highest BCUT2D eigenvalue weighted by molar-refractivity contribution is 6.14. The van der Waals surface area contributed by atoms with Gasteiger partial charge in [-0.15, -0.1) is 0 Å². The Bertz CT molecular complexity index is 828. The predicted molar refractivity (Wildman–Crippen MR) is 84.1 cm³/mol. The van der Waals surface area contributed by atoms with Gasteiger partial charge in [-0.25, -0.2) is 0 Å². The van der Waals surface area contributed by atoms with Crippen LogP contribution in [0.25, 0.3) is 6.08 Å². The van der Waals surface area contributed by atoms with E-state index in [2.05, 4.69) is 0 Å². The molecular weight excluding hydrogens is 298 g/mol. The smallest absolute Gasteiger partial charge is 0.270 e. The van der Waals surface area contributed by atoms with Gasteiger partial charge in [0.25, 0.3) is 5.69 Å². The van der Waals surface area contributed by atoms with Gasteiger partial charge in [-0.1, -0.05) is 12.1 Å². The Morgan fingerprint density at radius 3 is 2.65 bits per heavy atom. The number of allylic oxidation sites excluding steroid dienone is 1. The van der Waals surface area contributed by atoms with Crippen molar-refractivity contribution in [1.82, 2.24) is 0 Å². The number of carbonyl (C=O) groups excluding carboxylic acids is 1. The third kappa shape index (κ3) is 3.63. The summed E-state index contributed by atoms with van der Waals surface area (Å²) >= 11 is 0. The lowest BCUT2D eigenvalue weighted by atomic mass is 10.0. The number of nitriles is 1. The summed E-state index contributed by atoms with van der Waals surface area (Å²) in [5.41, 5.74) is -0.294. The fraction of sp³-hybridized carbons (Fsp3) is 0.125. The molecular formula is C16H13N3O4. The van der Waals surface area contributed by atoms with Crippen molar-refractivity contribution >= 4 is 23.4 Å². The molecule has 0 spiro atoms. The van der Waals surface area contributed by atoms with E-state index < -0.39 is 10.7 Å². The van der Waals surface area contributed by atoms with Crippen molar-refractivity contribution in [2.24, 2.45) is 0 Å². The number of furan rings is 1. The minimum Gasteiger partial charge on any atom is -0.441 e. The number of non-ortho nitro benzene ring substituents is 1. The van der Waals surface area contributed by atoms with Crippen LogP contribution < -0.4 is 4.90 Å². The van der Waals surface area contributed by atoms with E-state index in [9.17, 15) is 20.2 Å². The number of ketones is 1. The summed E-state index contributed by atoms with van der Waals surface area (Å²) in [6.45, 7) is 0. The number of rotatable bonds is 5.